The Morgan fingerprint density at radius 1 is 1.26 bits per heavy atom. The number of nitrogens with one attached hydrogen (secondary N) is 1. The summed E-state index contributed by atoms with van der Waals surface area (Å²) in [5.74, 6) is 0.852. The number of rotatable bonds is 6. The molecular weight excluding hydrogens is 308 g/mol. The highest BCUT2D eigenvalue weighted by Crippen LogP contribution is 2.26. The molecule has 6 heteroatoms. The third-order valence-electron chi connectivity index (χ3n) is 3.40. The molecule has 5 nitrogen and oxygen atoms in total. The molecule has 1 aromatic carbocycles. The summed E-state index contributed by atoms with van der Waals surface area (Å²) in [5, 5.41) is 28.1. The van der Waals surface area contributed by atoms with Gasteiger partial charge in [0.2, 0.25) is 0 Å². The van der Waals surface area contributed by atoms with Crippen LogP contribution in [-0.4, -0.2) is 21.5 Å². The third-order valence-corrected chi connectivity index (χ3v) is 4.29. The van der Waals surface area contributed by atoms with Gasteiger partial charge in [0.1, 0.15) is 11.5 Å². The van der Waals surface area contributed by atoms with Crippen molar-refractivity contribution in [3.63, 3.8) is 0 Å². The monoisotopic (exact) mass is 324 g/mol. The Morgan fingerprint density at radius 2 is 2.17 bits per heavy atom. The Morgan fingerprint density at radius 3 is 2.91 bits per heavy atom. The van der Waals surface area contributed by atoms with Crippen molar-refractivity contribution in [3.8, 4) is 16.6 Å². The van der Waals surface area contributed by atoms with E-state index in [-0.39, 0.29) is 6.61 Å². The smallest absolute Gasteiger partial charge is 0.125 e. The minimum absolute atomic E-state index is 0.0319. The molecule has 0 saturated heterocycles. The van der Waals surface area contributed by atoms with E-state index in [2.05, 4.69) is 16.5 Å². The second-order valence-electron chi connectivity index (χ2n) is 5.00. The molecule has 2 heterocycles. The summed E-state index contributed by atoms with van der Waals surface area (Å²) in [6, 6.07) is 15.6. The Kier molecular flexibility index (Phi) is 4.71. The molecule has 3 aromatic rings. The normalized spacial score (nSPS) is 10.4. The van der Waals surface area contributed by atoms with Crippen molar-refractivity contribution in [2.24, 2.45) is 0 Å². The van der Waals surface area contributed by atoms with Gasteiger partial charge in [-0.25, -0.2) is 4.68 Å². The molecule has 3 rings (SSSR count). The SMILES string of the molecule is N#Cc1cccc(CNc2cc(-c3cccs3)nn2CCO)c1. The lowest BCUT2D eigenvalue weighted by Gasteiger charge is -2.08. The van der Waals surface area contributed by atoms with Crippen LogP contribution in [0, 0.1) is 11.3 Å². The molecule has 23 heavy (non-hydrogen) atoms. The minimum Gasteiger partial charge on any atom is -0.394 e. The average Bonchev–Trinajstić information content (AvgIpc) is 3.23. The summed E-state index contributed by atoms with van der Waals surface area (Å²) in [5.41, 5.74) is 2.56. The predicted molar refractivity (Wildman–Crippen MR) is 91.1 cm³/mol. The lowest BCUT2D eigenvalue weighted by molar-refractivity contribution is 0.270. The number of anilines is 1. The van der Waals surface area contributed by atoms with Gasteiger partial charge < -0.3 is 10.4 Å². The Bertz CT molecular complexity index is 817. The number of nitriles is 1. The van der Waals surface area contributed by atoms with Crippen LogP contribution < -0.4 is 5.32 Å². The van der Waals surface area contributed by atoms with Gasteiger partial charge in [-0.05, 0) is 29.1 Å². The molecule has 2 N–H and O–H groups in total. The van der Waals surface area contributed by atoms with Gasteiger partial charge in [0.15, 0.2) is 0 Å². The molecule has 0 amide bonds. The molecule has 0 aliphatic heterocycles. The molecule has 0 fully saturated rings. The third kappa shape index (κ3) is 3.59. The Labute approximate surface area is 138 Å². The number of aliphatic hydroxyl groups excluding tert-OH is 1. The van der Waals surface area contributed by atoms with E-state index in [1.807, 2.05) is 41.8 Å². The highest BCUT2D eigenvalue weighted by atomic mass is 32.1. The van der Waals surface area contributed by atoms with Gasteiger partial charge in [0.25, 0.3) is 0 Å². The van der Waals surface area contributed by atoms with E-state index in [9.17, 15) is 5.11 Å². The number of thiophene rings is 1. The zero-order chi connectivity index (χ0) is 16.1. The number of hydrogen-bond acceptors (Lipinski definition) is 5. The summed E-state index contributed by atoms with van der Waals surface area (Å²) in [6.07, 6.45) is 0. The molecule has 0 unspecified atom stereocenters. The van der Waals surface area contributed by atoms with E-state index in [1.54, 1.807) is 22.1 Å². The highest BCUT2D eigenvalue weighted by Gasteiger charge is 2.10. The highest BCUT2D eigenvalue weighted by molar-refractivity contribution is 7.13. The molecule has 2 aromatic heterocycles. The lowest BCUT2D eigenvalue weighted by Crippen LogP contribution is -2.10. The topological polar surface area (TPSA) is 73.9 Å². The zero-order valence-corrected chi connectivity index (χ0v) is 13.3. The van der Waals surface area contributed by atoms with Gasteiger partial charge in [-0.3, -0.25) is 0 Å². The summed E-state index contributed by atoms with van der Waals surface area (Å²) in [6.45, 7) is 1.06. The maximum Gasteiger partial charge on any atom is 0.125 e. The van der Waals surface area contributed by atoms with E-state index >= 15 is 0 Å². The van der Waals surface area contributed by atoms with E-state index < -0.39 is 0 Å². The first-order valence-corrected chi connectivity index (χ1v) is 8.13. The van der Waals surface area contributed by atoms with Gasteiger partial charge in [0, 0.05) is 12.6 Å². The lowest BCUT2D eigenvalue weighted by atomic mass is 10.1. The van der Waals surface area contributed by atoms with E-state index in [0.717, 1.165) is 22.0 Å². The van der Waals surface area contributed by atoms with E-state index in [0.29, 0.717) is 18.7 Å². The molecule has 0 aliphatic carbocycles. The van der Waals surface area contributed by atoms with Crippen LogP contribution in [0.1, 0.15) is 11.1 Å². The van der Waals surface area contributed by atoms with Crippen LogP contribution in [0.15, 0.2) is 47.8 Å². The number of nitrogens with zero attached hydrogens (tertiary/aromatic N) is 3. The molecule has 0 saturated carbocycles. The van der Waals surface area contributed by atoms with Gasteiger partial charge in [-0.2, -0.15) is 10.4 Å². The molecule has 0 spiro atoms. The van der Waals surface area contributed by atoms with Crippen molar-refractivity contribution in [2.45, 2.75) is 13.1 Å². The van der Waals surface area contributed by atoms with Crippen molar-refractivity contribution in [1.82, 2.24) is 9.78 Å². The van der Waals surface area contributed by atoms with Crippen molar-refractivity contribution in [3.05, 3.63) is 59.0 Å². The van der Waals surface area contributed by atoms with Crippen LogP contribution in [0.4, 0.5) is 5.82 Å². The summed E-state index contributed by atoms with van der Waals surface area (Å²) in [4.78, 5) is 1.09. The van der Waals surface area contributed by atoms with Crippen LogP contribution in [0.2, 0.25) is 0 Å². The molecule has 0 bridgehead atoms. The van der Waals surface area contributed by atoms with Crippen LogP contribution in [0.25, 0.3) is 10.6 Å². The first-order valence-electron chi connectivity index (χ1n) is 7.25. The molecule has 0 radical (unpaired) electrons. The second-order valence-corrected chi connectivity index (χ2v) is 5.95. The minimum atomic E-state index is 0.0319. The number of hydrogen-bond donors (Lipinski definition) is 2. The summed E-state index contributed by atoms with van der Waals surface area (Å²) >= 11 is 1.63. The summed E-state index contributed by atoms with van der Waals surface area (Å²) in [7, 11) is 0. The standard InChI is InChI=1S/C17H16N4OS/c18-11-13-3-1-4-14(9-13)12-19-17-10-15(16-5-2-8-23-16)20-21(17)6-7-22/h1-5,8-10,19,22H,6-7,12H2. The van der Waals surface area contributed by atoms with Gasteiger partial charge in [0.05, 0.1) is 29.7 Å². The van der Waals surface area contributed by atoms with Gasteiger partial charge >= 0.3 is 0 Å². The molecule has 0 aliphatic rings. The maximum absolute atomic E-state index is 9.22. The molecule has 116 valence electrons. The first-order chi connectivity index (χ1) is 11.3. The van der Waals surface area contributed by atoms with Crippen LogP contribution in [0.5, 0.6) is 0 Å². The first kappa shape index (κ1) is 15.3. The number of aliphatic hydroxyl groups is 1. The quantitative estimate of drug-likeness (QED) is 0.731. The molecule has 0 atom stereocenters. The van der Waals surface area contributed by atoms with Gasteiger partial charge in [-0.1, -0.05) is 18.2 Å². The Balaban J connectivity index is 1.79. The van der Waals surface area contributed by atoms with Gasteiger partial charge in [-0.15, -0.1) is 11.3 Å². The van der Waals surface area contributed by atoms with Crippen molar-refractivity contribution < 1.29 is 5.11 Å². The second kappa shape index (κ2) is 7.09. The Hall–Kier alpha value is -2.62. The fourth-order valence-corrected chi connectivity index (χ4v) is 2.99. The van der Waals surface area contributed by atoms with E-state index in [4.69, 9.17) is 5.26 Å². The fourth-order valence-electron chi connectivity index (χ4n) is 2.31. The van der Waals surface area contributed by atoms with Crippen LogP contribution in [-0.2, 0) is 13.1 Å². The van der Waals surface area contributed by atoms with Crippen molar-refractivity contribution in [2.75, 3.05) is 11.9 Å². The van der Waals surface area contributed by atoms with Crippen molar-refractivity contribution >= 4 is 17.2 Å². The average molecular weight is 324 g/mol. The predicted octanol–water partition coefficient (Wildman–Crippen LogP) is 3.09. The van der Waals surface area contributed by atoms with E-state index in [1.165, 1.54) is 0 Å². The zero-order valence-electron chi connectivity index (χ0n) is 12.4. The van der Waals surface area contributed by atoms with Crippen molar-refractivity contribution in [1.29, 1.82) is 5.26 Å². The summed E-state index contributed by atoms with van der Waals surface area (Å²) < 4.78 is 1.77. The van der Waals surface area contributed by atoms with Crippen LogP contribution >= 0.6 is 11.3 Å². The van der Waals surface area contributed by atoms with Crippen LogP contribution in [0.3, 0.4) is 0 Å². The number of benzene rings is 1. The fraction of sp³-hybridized carbons (Fsp3) is 0.176. The molecular formula is C17H16N4OS. The largest absolute Gasteiger partial charge is 0.394 e. The number of aromatic nitrogens is 2. The maximum atomic E-state index is 9.22.